The first-order chi connectivity index (χ1) is 9.58. The van der Waals surface area contributed by atoms with Gasteiger partial charge in [0, 0.05) is 6.54 Å². The summed E-state index contributed by atoms with van der Waals surface area (Å²) >= 11 is 0. The van der Waals surface area contributed by atoms with Gasteiger partial charge in [0.05, 0.1) is 23.3 Å². The molecule has 0 bridgehead atoms. The molecule has 0 aliphatic heterocycles. The number of aliphatic carboxylic acids is 1. The Bertz CT molecular complexity index is 621. The summed E-state index contributed by atoms with van der Waals surface area (Å²) in [4.78, 5) is 26.7. The molecular formula is C14H17N3O3. The lowest BCUT2D eigenvalue weighted by molar-refractivity contribution is -0.141. The van der Waals surface area contributed by atoms with Crippen LogP contribution >= 0.6 is 0 Å². The van der Waals surface area contributed by atoms with Crippen LogP contribution in [0.2, 0.25) is 0 Å². The second-order valence-corrected chi connectivity index (χ2v) is 4.74. The maximum atomic E-state index is 11.8. The first kappa shape index (κ1) is 14.0. The predicted molar refractivity (Wildman–Crippen MR) is 74.2 cm³/mol. The van der Waals surface area contributed by atoms with Crippen molar-refractivity contribution in [2.24, 2.45) is 5.92 Å². The minimum atomic E-state index is -0.847. The fraction of sp³-hybridized carbons (Fsp3) is 0.357. The maximum absolute atomic E-state index is 11.8. The van der Waals surface area contributed by atoms with Gasteiger partial charge in [-0.1, -0.05) is 19.1 Å². The van der Waals surface area contributed by atoms with Crippen molar-refractivity contribution >= 4 is 22.9 Å². The van der Waals surface area contributed by atoms with Gasteiger partial charge in [0.2, 0.25) is 5.91 Å². The SMILES string of the molecule is CC(CCNC(=O)Cn1cnc2ccccc21)C(=O)O. The highest BCUT2D eigenvalue weighted by molar-refractivity contribution is 5.80. The van der Waals surface area contributed by atoms with E-state index in [1.807, 2.05) is 24.3 Å². The second-order valence-electron chi connectivity index (χ2n) is 4.74. The maximum Gasteiger partial charge on any atom is 0.306 e. The zero-order valence-corrected chi connectivity index (χ0v) is 11.2. The highest BCUT2D eigenvalue weighted by atomic mass is 16.4. The van der Waals surface area contributed by atoms with E-state index in [-0.39, 0.29) is 12.5 Å². The van der Waals surface area contributed by atoms with Crippen molar-refractivity contribution < 1.29 is 14.7 Å². The van der Waals surface area contributed by atoms with Crippen molar-refractivity contribution in [2.75, 3.05) is 6.54 Å². The van der Waals surface area contributed by atoms with Crippen molar-refractivity contribution in [1.29, 1.82) is 0 Å². The molecule has 0 aliphatic rings. The van der Waals surface area contributed by atoms with E-state index in [1.165, 1.54) is 0 Å². The molecule has 6 heteroatoms. The fourth-order valence-corrected chi connectivity index (χ4v) is 1.90. The Hall–Kier alpha value is -2.37. The average molecular weight is 275 g/mol. The van der Waals surface area contributed by atoms with Crippen LogP contribution in [0.5, 0.6) is 0 Å². The number of hydrogen-bond donors (Lipinski definition) is 2. The van der Waals surface area contributed by atoms with Crippen LogP contribution in [0.1, 0.15) is 13.3 Å². The molecule has 0 fully saturated rings. The number of carbonyl (C=O) groups excluding carboxylic acids is 1. The van der Waals surface area contributed by atoms with E-state index in [0.29, 0.717) is 13.0 Å². The normalized spacial score (nSPS) is 12.2. The largest absolute Gasteiger partial charge is 0.481 e. The van der Waals surface area contributed by atoms with Crippen LogP contribution in [0.4, 0.5) is 0 Å². The highest BCUT2D eigenvalue weighted by Crippen LogP contribution is 2.11. The number of para-hydroxylation sites is 2. The number of benzene rings is 1. The molecule has 6 nitrogen and oxygen atoms in total. The van der Waals surface area contributed by atoms with Gasteiger partial charge in [0.1, 0.15) is 6.54 Å². The van der Waals surface area contributed by atoms with Crippen LogP contribution in [-0.4, -0.2) is 33.1 Å². The Morgan fingerprint density at radius 2 is 2.15 bits per heavy atom. The van der Waals surface area contributed by atoms with E-state index in [2.05, 4.69) is 10.3 Å². The molecule has 0 aliphatic carbocycles. The van der Waals surface area contributed by atoms with Gasteiger partial charge >= 0.3 is 5.97 Å². The third-order valence-electron chi connectivity index (χ3n) is 3.16. The summed E-state index contributed by atoms with van der Waals surface area (Å²) in [6.45, 7) is 2.17. The molecule has 20 heavy (non-hydrogen) atoms. The fourth-order valence-electron chi connectivity index (χ4n) is 1.90. The van der Waals surface area contributed by atoms with E-state index in [0.717, 1.165) is 11.0 Å². The molecule has 1 amide bonds. The summed E-state index contributed by atoms with van der Waals surface area (Å²) in [7, 11) is 0. The molecule has 2 N–H and O–H groups in total. The summed E-state index contributed by atoms with van der Waals surface area (Å²) in [6.07, 6.45) is 2.05. The number of imidazole rings is 1. The quantitative estimate of drug-likeness (QED) is 0.831. The predicted octanol–water partition coefficient (Wildman–Crippen LogP) is 1.26. The smallest absolute Gasteiger partial charge is 0.306 e. The molecule has 1 unspecified atom stereocenters. The highest BCUT2D eigenvalue weighted by Gasteiger charge is 2.11. The zero-order chi connectivity index (χ0) is 14.5. The Balaban J connectivity index is 1.87. The third kappa shape index (κ3) is 3.34. The molecular weight excluding hydrogens is 258 g/mol. The first-order valence-electron chi connectivity index (χ1n) is 6.47. The van der Waals surface area contributed by atoms with Crippen molar-refractivity contribution in [3.05, 3.63) is 30.6 Å². The van der Waals surface area contributed by atoms with Gasteiger partial charge in [-0.25, -0.2) is 4.98 Å². The van der Waals surface area contributed by atoms with E-state index >= 15 is 0 Å². The third-order valence-corrected chi connectivity index (χ3v) is 3.16. The summed E-state index contributed by atoms with van der Waals surface area (Å²) in [6, 6.07) is 7.58. The summed E-state index contributed by atoms with van der Waals surface area (Å²) in [5, 5.41) is 11.5. The minimum Gasteiger partial charge on any atom is -0.481 e. The molecule has 0 saturated heterocycles. The van der Waals surface area contributed by atoms with Crippen LogP contribution in [0.25, 0.3) is 11.0 Å². The summed E-state index contributed by atoms with van der Waals surface area (Å²) in [5.74, 6) is -1.45. The summed E-state index contributed by atoms with van der Waals surface area (Å²) < 4.78 is 1.77. The van der Waals surface area contributed by atoms with Crippen LogP contribution in [0.3, 0.4) is 0 Å². The number of hydrogen-bond acceptors (Lipinski definition) is 3. The molecule has 0 saturated carbocycles. The van der Waals surface area contributed by atoms with Crippen LogP contribution in [0, 0.1) is 5.92 Å². The van der Waals surface area contributed by atoms with E-state index in [1.54, 1.807) is 17.8 Å². The lowest BCUT2D eigenvalue weighted by atomic mass is 10.1. The van der Waals surface area contributed by atoms with Crippen molar-refractivity contribution in [1.82, 2.24) is 14.9 Å². The standard InChI is InChI=1S/C14H17N3O3/c1-10(14(19)20)6-7-15-13(18)8-17-9-16-11-4-2-3-5-12(11)17/h2-5,9-10H,6-8H2,1H3,(H,15,18)(H,19,20). The molecule has 106 valence electrons. The van der Waals surface area contributed by atoms with Crippen molar-refractivity contribution in [2.45, 2.75) is 19.9 Å². The first-order valence-corrected chi connectivity index (χ1v) is 6.47. The molecule has 1 aromatic carbocycles. The minimum absolute atomic E-state index is 0.147. The number of carboxylic acid groups (broad SMARTS) is 1. The molecule has 2 aromatic rings. The number of aromatic nitrogens is 2. The number of nitrogens with one attached hydrogen (secondary N) is 1. The van der Waals surface area contributed by atoms with Gasteiger partial charge in [-0.2, -0.15) is 0 Å². The Kier molecular flexibility index (Phi) is 4.34. The topological polar surface area (TPSA) is 84.2 Å². The molecule has 1 atom stereocenters. The van der Waals surface area contributed by atoms with Gasteiger partial charge in [0.25, 0.3) is 0 Å². The van der Waals surface area contributed by atoms with Crippen LogP contribution in [-0.2, 0) is 16.1 Å². The Morgan fingerprint density at radius 3 is 2.90 bits per heavy atom. The number of nitrogens with zero attached hydrogens (tertiary/aromatic N) is 2. The number of rotatable bonds is 6. The molecule has 0 spiro atoms. The monoisotopic (exact) mass is 275 g/mol. The second kappa shape index (κ2) is 6.18. The van der Waals surface area contributed by atoms with Crippen LogP contribution in [0.15, 0.2) is 30.6 Å². The van der Waals surface area contributed by atoms with Gasteiger partial charge in [-0.15, -0.1) is 0 Å². The van der Waals surface area contributed by atoms with Gasteiger partial charge in [-0.3, -0.25) is 9.59 Å². The molecule has 0 radical (unpaired) electrons. The Morgan fingerprint density at radius 1 is 1.40 bits per heavy atom. The lowest BCUT2D eigenvalue weighted by Crippen LogP contribution is -2.30. The molecule has 1 aromatic heterocycles. The lowest BCUT2D eigenvalue weighted by Gasteiger charge is -2.08. The molecule has 2 rings (SSSR count). The number of carbonyl (C=O) groups is 2. The van der Waals surface area contributed by atoms with Crippen molar-refractivity contribution in [3.63, 3.8) is 0 Å². The number of fused-ring (bicyclic) bond motifs is 1. The van der Waals surface area contributed by atoms with Crippen molar-refractivity contribution in [3.8, 4) is 0 Å². The van der Waals surface area contributed by atoms with Gasteiger partial charge < -0.3 is 15.0 Å². The zero-order valence-electron chi connectivity index (χ0n) is 11.2. The number of carboxylic acids is 1. The average Bonchev–Trinajstić information content (AvgIpc) is 2.82. The Labute approximate surface area is 116 Å². The number of amides is 1. The van der Waals surface area contributed by atoms with E-state index in [4.69, 9.17) is 5.11 Å². The van der Waals surface area contributed by atoms with E-state index < -0.39 is 11.9 Å². The van der Waals surface area contributed by atoms with Gasteiger partial charge in [-0.05, 0) is 18.6 Å². The summed E-state index contributed by atoms with van der Waals surface area (Å²) in [5.41, 5.74) is 1.75. The van der Waals surface area contributed by atoms with Gasteiger partial charge in [0.15, 0.2) is 0 Å². The van der Waals surface area contributed by atoms with Crippen LogP contribution < -0.4 is 5.32 Å². The van der Waals surface area contributed by atoms with E-state index in [9.17, 15) is 9.59 Å². The molecule has 1 heterocycles.